The van der Waals surface area contributed by atoms with Crippen LogP contribution in [0, 0.1) is 0 Å². The average molecular weight is 493 g/mol. The van der Waals surface area contributed by atoms with E-state index in [2.05, 4.69) is 48.1 Å². The SMILES string of the molecule is CCc1cccc2c(-c3cnc4c(n3)c(C(=O)NC(C)(C)C)cn4COCC[Si](C)(C)C)[nH]nc12. The first-order chi connectivity index (χ1) is 16.5. The van der Waals surface area contributed by atoms with Crippen molar-refractivity contribution in [3.05, 3.63) is 41.7 Å². The van der Waals surface area contributed by atoms with E-state index in [-0.39, 0.29) is 11.4 Å². The Labute approximate surface area is 207 Å². The van der Waals surface area contributed by atoms with Crippen LogP contribution in [0.1, 0.15) is 43.6 Å². The van der Waals surface area contributed by atoms with Gasteiger partial charge in [0.05, 0.1) is 23.0 Å². The first-order valence-corrected chi connectivity index (χ1v) is 15.9. The van der Waals surface area contributed by atoms with E-state index in [4.69, 9.17) is 14.7 Å². The number of nitrogens with one attached hydrogen (secondary N) is 2. The number of hydrogen-bond donors (Lipinski definition) is 2. The molecule has 0 atom stereocenters. The van der Waals surface area contributed by atoms with E-state index < -0.39 is 8.07 Å². The number of nitrogens with zero attached hydrogens (tertiary/aromatic N) is 4. The summed E-state index contributed by atoms with van der Waals surface area (Å²) in [5.41, 5.74) is 4.83. The third kappa shape index (κ3) is 5.62. The zero-order valence-corrected chi connectivity index (χ0v) is 22.8. The molecule has 0 spiro atoms. The highest BCUT2D eigenvalue weighted by molar-refractivity contribution is 6.76. The maximum absolute atomic E-state index is 13.2. The molecule has 35 heavy (non-hydrogen) atoms. The lowest BCUT2D eigenvalue weighted by molar-refractivity contribution is 0.0886. The molecule has 0 saturated carbocycles. The largest absolute Gasteiger partial charge is 0.361 e. The summed E-state index contributed by atoms with van der Waals surface area (Å²) in [5.74, 6) is -0.183. The maximum Gasteiger partial charge on any atom is 0.255 e. The van der Waals surface area contributed by atoms with Crippen LogP contribution < -0.4 is 5.32 Å². The molecule has 0 unspecified atom stereocenters. The molecule has 2 N–H and O–H groups in total. The van der Waals surface area contributed by atoms with Gasteiger partial charge in [0.1, 0.15) is 17.9 Å². The van der Waals surface area contributed by atoms with Gasteiger partial charge in [0, 0.05) is 31.8 Å². The molecule has 0 fully saturated rings. The molecule has 3 aromatic heterocycles. The van der Waals surface area contributed by atoms with Gasteiger partial charge in [0.15, 0.2) is 5.65 Å². The number of aromatic nitrogens is 5. The molecular formula is C26H36N6O2Si. The van der Waals surface area contributed by atoms with Crippen molar-refractivity contribution in [1.82, 2.24) is 30.0 Å². The van der Waals surface area contributed by atoms with Crippen LogP contribution in [0.5, 0.6) is 0 Å². The lowest BCUT2D eigenvalue weighted by atomic mass is 10.1. The van der Waals surface area contributed by atoms with E-state index >= 15 is 0 Å². The molecular weight excluding hydrogens is 456 g/mol. The van der Waals surface area contributed by atoms with E-state index in [1.165, 1.54) is 5.56 Å². The third-order valence-electron chi connectivity index (χ3n) is 5.83. The van der Waals surface area contributed by atoms with Crippen molar-refractivity contribution in [3.8, 4) is 11.4 Å². The maximum atomic E-state index is 13.2. The van der Waals surface area contributed by atoms with Gasteiger partial charge >= 0.3 is 0 Å². The Kier molecular flexibility index (Phi) is 6.83. The highest BCUT2D eigenvalue weighted by Crippen LogP contribution is 2.29. The van der Waals surface area contributed by atoms with Gasteiger partial charge in [-0.2, -0.15) is 5.10 Å². The number of H-pyrrole nitrogens is 1. The number of carbonyl (C=O) groups is 1. The monoisotopic (exact) mass is 492 g/mol. The Bertz CT molecular complexity index is 1360. The summed E-state index contributed by atoms with van der Waals surface area (Å²) >= 11 is 0. The average Bonchev–Trinajstić information content (AvgIpc) is 3.36. The lowest BCUT2D eigenvalue weighted by Crippen LogP contribution is -2.40. The number of hydrogen-bond acceptors (Lipinski definition) is 5. The number of rotatable bonds is 8. The standard InChI is InChI=1S/C26H36N6O2Si/c1-8-17-10-9-11-18-21(17)30-31-22(18)20-14-27-24-23(28-20)19(25(33)29-26(2,3)4)15-32(24)16-34-12-13-35(5,6)7/h9-11,14-15H,8,12-13,16H2,1-7H3,(H,29,33)(H,30,31). The molecule has 0 aliphatic rings. The molecule has 4 rings (SSSR count). The van der Waals surface area contributed by atoms with Gasteiger partial charge in [-0.3, -0.25) is 9.89 Å². The topological polar surface area (TPSA) is 97.7 Å². The van der Waals surface area contributed by atoms with E-state index in [1.807, 2.05) is 37.5 Å². The molecule has 4 aromatic rings. The van der Waals surface area contributed by atoms with Crippen molar-refractivity contribution in [1.29, 1.82) is 0 Å². The van der Waals surface area contributed by atoms with E-state index in [9.17, 15) is 4.79 Å². The molecule has 0 saturated heterocycles. The van der Waals surface area contributed by atoms with Crippen molar-refractivity contribution in [3.63, 3.8) is 0 Å². The van der Waals surface area contributed by atoms with Crippen LogP contribution in [-0.4, -0.2) is 50.9 Å². The minimum absolute atomic E-state index is 0.183. The predicted molar refractivity (Wildman–Crippen MR) is 143 cm³/mol. The number of ether oxygens (including phenoxy) is 1. The molecule has 8 nitrogen and oxygen atoms in total. The fourth-order valence-corrected chi connectivity index (χ4v) is 4.72. The summed E-state index contributed by atoms with van der Waals surface area (Å²) in [6.07, 6.45) is 4.42. The molecule has 1 amide bonds. The van der Waals surface area contributed by atoms with Gasteiger partial charge in [-0.05, 0) is 38.8 Å². The second kappa shape index (κ2) is 9.54. The molecule has 0 bridgehead atoms. The van der Waals surface area contributed by atoms with Crippen molar-refractivity contribution < 1.29 is 9.53 Å². The van der Waals surface area contributed by atoms with Crippen LogP contribution in [0.15, 0.2) is 30.6 Å². The summed E-state index contributed by atoms with van der Waals surface area (Å²) in [4.78, 5) is 22.8. The summed E-state index contributed by atoms with van der Waals surface area (Å²) in [5, 5.41) is 11.7. The molecule has 9 heteroatoms. The van der Waals surface area contributed by atoms with Crippen molar-refractivity contribution in [2.24, 2.45) is 0 Å². The van der Waals surface area contributed by atoms with Gasteiger partial charge in [0.2, 0.25) is 0 Å². The number of aromatic amines is 1. The Morgan fingerprint density at radius 2 is 1.97 bits per heavy atom. The van der Waals surface area contributed by atoms with Gasteiger partial charge < -0.3 is 14.6 Å². The number of carbonyl (C=O) groups excluding carboxylic acids is 1. The number of benzene rings is 1. The van der Waals surface area contributed by atoms with E-state index in [0.29, 0.717) is 35.8 Å². The van der Waals surface area contributed by atoms with E-state index in [0.717, 1.165) is 29.1 Å². The highest BCUT2D eigenvalue weighted by Gasteiger charge is 2.23. The van der Waals surface area contributed by atoms with Crippen molar-refractivity contribution in [2.45, 2.75) is 72.1 Å². The molecule has 0 radical (unpaired) electrons. The Balaban J connectivity index is 1.75. The van der Waals surface area contributed by atoms with Crippen LogP contribution in [0.3, 0.4) is 0 Å². The van der Waals surface area contributed by atoms with Gasteiger partial charge in [-0.25, -0.2) is 9.97 Å². The first kappa shape index (κ1) is 25.1. The fourth-order valence-electron chi connectivity index (χ4n) is 3.96. The van der Waals surface area contributed by atoms with Gasteiger partial charge in [-0.1, -0.05) is 44.8 Å². The van der Waals surface area contributed by atoms with Gasteiger partial charge in [-0.15, -0.1) is 0 Å². The minimum atomic E-state index is -1.19. The number of amides is 1. The second-order valence-corrected chi connectivity index (χ2v) is 16.9. The van der Waals surface area contributed by atoms with Crippen LogP contribution in [0.4, 0.5) is 0 Å². The Morgan fingerprint density at radius 3 is 2.66 bits per heavy atom. The summed E-state index contributed by atoms with van der Waals surface area (Å²) in [7, 11) is -1.19. The molecule has 1 aromatic carbocycles. The zero-order chi connectivity index (χ0) is 25.4. The molecule has 0 aliphatic heterocycles. The zero-order valence-electron chi connectivity index (χ0n) is 21.8. The van der Waals surface area contributed by atoms with Crippen molar-refractivity contribution >= 4 is 36.0 Å². The fraction of sp³-hybridized carbons (Fsp3) is 0.462. The first-order valence-electron chi connectivity index (χ1n) is 12.2. The summed E-state index contributed by atoms with van der Waals surface area (Å²) in [6, 6.07) is 7.22. The quantitative estimate of drug-likeness (QED) is 0.254. The van der Waals surface area contributed by atoms with Crippen LogP contribution in [0.25, 0.3) is 33.5 Å². The number of aryl methyl sites for hydroxylation is 1. The van der Waals surface area contributed by atoms with Crippen LogP contribution in [0.2, 0.25) is 25.7 Å². The second-order valence-electron chi connectivity index (χ2n) is 11.3. The smallest absolute Gasteiger partial charge is 0.255 e. The number of para-hydroxylation sites is 1. The van der Waals surface area contributed by atoms with Crippen LogP contribution in [-0.2, 0) is 17.9 Å². The van der Waals surface area contributed by atoms with Crippen molar-refractivity contribution in [2.75, 3.05) is 6.61 Å². The minimum Gasteiger partial charge on any atom is -0.361 e. The Hall–Kier alpha value is -3.04. The third-order valence-corrected chi connectivity index (χ3v) is 7.53. The highest BCUT2D eigenvalue weighted by atomic mass is 28.3. The van der Waals surface area contributed by atoms with E-state index in [1.54, 1.807) is 12.4 Å². The number of fused-ring (bicyclic) bond motifs is 2. The molecule has 3 heterocycles. The summed E-state index contributed by atoms with van der Waals surface area (Å²) in [6.45, 7) is 16.0. The van der Waals surface area contributed by atoms with Crippen LogP contribution >= 0.6 is 0 Å². The Morgan fingerprint density at radius 1 is 1.20 bits per heavy atom. The molecule has 0 aliphatic carbocycles. The molecule has 186 valence electrons. The summed E-state index contributed by atoms with van der Waals surface area (Å²) < 4.78 is 7.83. The lowest BCUT2D eigenvalue weighted by Gasteiger charge is -2.20. The predicted octanol–water partition coefficient (Wildman–Crippen LogP) is 5.38. The normalized spacial score (nSPS) is 12.5. The van der Waals surface area contributed by atoms with Gasteiger partial charge in [0.25, 0.3) is 5.91 Å².